The Hall–Kier alpha value is -3.01. The Kier molecular flexibility index (Phi) is 9.06. The monoisotopic (exact) mass is 791 g/mol. The molecule has 1 aliphatic heterocycles. The van der Waals surface area contributed by atoms with Crippen LogP contribution < -0.4 is 0 Å². The maximum atomic E-state index is 14.3. The van der Waals surface area contributed by atoms with E-state index in [0.717, 1.165) is 69.8 Å². The molecular weight excluding hydrogens is 730 g/mol. The first-order valence-corrected chi connectivity index (χ1v) is 21.6. The highest BCUT2D eigenvalue weighted by Crippen LogP contribution is 2.77. The summed E-state index contributed by atoms with van der Waals surface area (Å²) in [6.07, 6.45) is 11.6. The van der Waals surface area contributed by atoms with Crippen LogP contribution >= 0.6 is 11.6 Å². The summed E-state index contributed by atoms with van der Waals surface area (Å²) < 4.78 is 12.6. The Morgan fingerprint density at radius 3 is 2.25 bits per heavy atom. The maximum Gasteiger partial charge on any atom is 0.411 e. The molecule has 1 amide bonds. The van der Waals surface area contributed by atoms with Crippen molar-refractivity contribution < 1.29 is 33.8 Å². The number of Topliss-reactive ketones (excluding diaryl/α,β-unsaturated/α-hetero) is 1. The van der Waals surface area contributed by atoms with Crippen molar-refractivity contribution in [3.05, 3.63) is 34.4 Å². The molecule has 1 aromatic heterocycles. The SMILES string of the molecule is CC(C)C1=C2[C@H]3CC[C@@H]4[C@@]5(C)CC[C@H](OC(=O)CC(C)(C)C(=O)O)C(C)(C)[C@@H]5CC[C@@]4(C)[C@]3(C)CC[C@]2([C@@H]2CN(C3(c4ncc(Cl)cn4)CC3)C(=O)O2)CC1=O. The Morgan fingerprint density at radius 1 is 0.946 bits per heavy atom. The number of cyclic esters (lactones) is 1. The van der Waals surface area contributed by atoms with Gasteiger partial charge in [0.15, 0.2) is 11.6 Å². The molecule has 7 aliphatic rings. The van der Waals surface area contributed by atoms with Crippen LogP contribution in [-0.4, -0.2) is 62.5 Å². The molecule has 2 heterocycles. The topological polar surface area (TPSA) is 136 Å². The van der Waals surface area contributed by atoms with Crippen molar-refractivity contribution >= 4 is 35.4 Å². The number of esters is 1. The summed E-state index contributed by atoms with van der Waals surface area (Å²) in [5, 5.41) is 10.1. The molecule has 1 saturated heterocycles. The molecule has 9 atom stereocenters. The number of ketones is 1. The van der Waals surface area contributed by atoms with E-state index < -0.39 is 34.4 Å². The second kappa shape index (κ2) is 12.7. The van der Waals surface area contributed by atoms with E-state index in [1.165, 1.54) is 5.57 Å². The van der Waals surface area contributed by atoms with Gasteiger partial charge in [-0.2, -0.15) is 0 Å². The van der Waals surface area contributed by atoms with Crippen LogP contribution in [-0.2, 0) is 29.4 Å². The van der Waals surface area contributed by atoms with E-state index in [9.17, 15) is 24.3 Å². The number of carboxylic acid groups (broad SMARTS) is 1. The van der Waals surface area contributed by atoms with Crippen molar-refractivity contribution in [1.82, 2.24) is 14.9 Å². The van der Waals surface area contributed by atoms with Gasteiger partial charge in [0.2, 0.25) is 0 Å². The average molecular weight is 792 g/mol. The van der Waals surface area contributed by atoms with Crippen LogP contribution in [0.1, 0.15) is 145 Å². The van der Waals surface area contributed by atoms with Gasteiger partial charge in [-0.15, -0.1) is 0 Å². The smallest absolute Gasteiger partial charge is 0.411 e. The number of ether oxygens (including phenoxy) is 2. The summed E-state index contributed by atoms with van der Waals surface area (Å²) in [6, 6.07) is 0. The van der Waals surface area contributed by atoms with Crippen LogP contribution in [0.25, 0.3) is 0 Å². The van der Waals surface area contributed by atoms with Gasteiger partial charge in [-0.25, -0.2) is 14.8 Å². The number of fused-ring (bicyclic) bond motifs is 7. The number of aliphatic carboxylic acids is 1. The summed E-state index contributed by atoms with van der Waals surface area (Å²) in [6.45, 7) is 20.0. The molecule has 0 bridgehead atoms. The van der Waals surface area contributed by atoms with E-state index in [2.05, 4.69) is 58.4 Å². The third-order valence-electron chi connectivity index (χ3n) is 17.6. The second-order valence-electron chi connectivity index (χ2n) is 21.3. The molecule has 56 heavy (non-hydrogen) atoms. The van der Waals surface area contributed by atoms with Gasteiger partial charge >= 0.3 is 18.0 Å². The Bertz CT molecular complexity index is 1890. The van der Waals surface area contributed by atoms with E-state index in [1.807, 2.05) is 4.90 Å². The largest absolute Gasteiger partial charge is 0.481 e. The lowest BCUT2D eigenvalue weighted by Gasteiger charge is -2.72. The molecule has 306 valence electrons. The number of nitrogens with zero attached hydrogens (tertiary/aromatic N) is 3. The van der Waals surface area contributed by atoms with Gasteiger partial charge in [-0.05, 0) is 129 Å². The zero-order valence-corrected chi connectivity index (χ0v) is 35.7. The summed E-state index contributed by atoms with van der Waals surface area (Å²) in [4.78, 5) is 64.1. The van der Waals surface area contributed by atoms with Gasteiger partial charge in [0, 0.05) is 29.6 Å². The lowest BCUT2D eigenvalue weighted by molar-refractivity contribution is -0.234. The van der Waals surface area contributed by atoms with Crippen LogP contribution in [0, 0.1) is 56.2 Å². The third-order valence-corrected chi connectivity index (χ3v) is 17.8. The molecule has 1 aromatic rings. The number of halogens is 1. The lowest BCUT2D eigenvalue weighted by Crippen LogP contribution is -2.66. The quantitative estimate of drug-likeness (QED) is 0.256. The van der Waals surface area contributed by atoms with Crippen molar-refractivity contribution in [2.75, 3.05) is 6.54 Å². The van der Waals surface area contributed by atoms with E-state index >= 15 is 0 Å². The molecule has 0 spiro atoms. The number of hydrogen-bond acceptors (Lipinski definition) is 8. The molecule has 0 aromatic carbocycles. The number of hydrogen-bond donors (Lipinski definition) is 1. The highest BCUT2D eigenvalue weighted by molar-refractivity contribution is 6.30. The van der Waals surface area contributed by atoms with Gasteiger partial charge in [0.25, 0.3) is 0 Å². The van der Waals surface area contributed by atoms with Gasteiger partial charge in [0.1, 0.15) is 17.7 Å². The fourth-order valence-corrected chi connectivity index (χ4v) is 14.4. The van der Waals surface area contributed by atoms with Crippen molar-refractivity contribution in [2.45, 2.75) is 157 Å². The van der Waals surface area contributed by atoms with Crippen molar-refractivity contribution in [2.24, 2.45) is 56.2 Å². The predicted octanol–water partition coefficient (Wildman–Crippen LogP) is 9.33. The standard InChI is InChI=1S/C45H62ClN3O7/c1-25(2)34-28(50)20-44(32-24-49(38(54)56-32)45(18-19-45)36-47-22-26(46)23-48-36)17-16-42(8)27(35(34)44)10-11-30-41(7)14-13-31(55-33(51)21-39(3,4)37(52)53)40(5,6)29(41)12-15-43(30,42)9/h22-23,25,27,29-32H,10-21,24H2,1-9H3,(H,52,53)/t27-,29+,30-,31+,32+,41+,42-,43-,44-/m1/s1. The number of rotatable bonds is 8. The first-order valence-electron chi connectivity index (χ1n) is 21.2. The third kappa shape index (κ3) is 5.44. The fraction of sp³-hybridized carbons (Fsp3) is 0.778. The van der Waals surface area contributed by atoms with Crippen molar-refractivity contribution in [1.29, 1.82) is 0 Å². The number of aromatic nitrogens is 2. The molecule has 0 unspecified atom stereocenters. The van der Waals surface area contributed by atoms with E-state index in [-0.39, 0.29) is 57.9 Å². The van der Waals surface area contributed by atoms with Gasteiger partial charge in [0.05, 0.1) is 23.4 Å². The zero-order valence-electron chi connectivity index (χ0n) is 34.9. The summed E-state index contributed by atoms with van der Waals surface area (Å²) >= 11 is 6.13. The van der Waals surface area contributed by atoms with Crippen LogP contribution in [0.5, 0.6) is 0 Å². The zero-order chi connectivity index (χ0) is 40.6. The van der Waals surface area contributed by atoms with Crippen LogP contribution in [0.15, 0.2) is 23.5 Å². The van der Waals surface area contributed by atoms with Crippen molar-refractivity contribution in [3.63, 3.8) is 0 Å². The van der Waals surface area contributed by atoms with E-state index in [4.69, 9.17) is 21.1 Å². The van der Waals surface area contributed by atoms with Gasteiger partial charge < -0.3 is 14.6 Å². The highest BCUT2D eigenvalue weighted by atomic mass is 35.5. The van der Waals surface area contributed by atoms with Gasteiger partial charge in [-0.3, -0.25) is 19.3 Å². The molecule has 6 fully saturated rings. The number of carbonyl (C=O) groups is 4. The van der Waals surface area contributed by atoms with E-state index in [1.54, 1.807) is 26.2 Å². The first kappa shape index (κ1) is 39.8. The summed E-state index contributed by atoms with van der Waals surface area (Å²) in [7, 11) is 0. The molecule has 6 aliphatic carbocycles. The minimum atomic E-state index is -1.18. The molecular formula is C45H62ClN3O7. The Morgan fingerprint density at radius 2 is 1.62 bits per heavy atom. The summed E-state index contributed by atoms with van der Waals surface area (Å²) in [5.41, 5.74) is -0.290. The number of carboxylic acids is 1. The molecule has 10 nitrogen and oxygen atoms in total. The van der Waals surface area contributed by atoms with Gasteiger partial charge in [-0.1, -0.05) is 60.1 Å². The summed E-state index contributed by atoms with van der Waals surface area (Å²) in [5.74, 6) is 0.483. The minimum Gasteiger partial charge on any atom is -0.481 e. The lowest BCUT2D eigenvalue weighted by atomic mass is 9.33. The molecule has 8 rings (SSSR count). The maximum absolute atomic E-state index is 14.3. The average Bonchev–Trinajstić information content (AvgIpc) is 3.71. The molecule has 0 radical (unpaired) electrons. The Balaban J connectivity index is 1.08. The Labute approximate surface area is 337 Å². The minimum absolute atomic E-state index is 0.0154. The normalized spacial score (nSPS) is 39.7. The second-order valence-corrected chi connectivity index (χ2v) is 21.7. The highest BCUT2D eigenvalue weighted by Gasteiger charge is 2.72. The first-order chi connectivity index (χ1) is 26.1. The number of carbonyl (C=O) groups excluding carboxylic acids is 3. The number of amides is 1. The van der Waals surface area contributed by atoms with Crippen molar-refractivity contribution in [3.8, 4) is 0 Å². The fourth-order valence-electron chi connectivity index (χ4n) is 14.3. The van der Waals surface area contributed by atoms with Crippen LogP contribution in [0.2, 0.25) is 5.02 Å². The van der Waals surface area contributed by atoms with Crippen LogP contribution in [0.3, 0.4) is 0 Å². The molecule has 11 heteroatoms. The predicted molar refractivity (Wildman–Crippen MR) is 210 cm³/mol. The molecule has 5 saturated carbocycles. The molecule has 1 N–H and O–H groups in total. The van der Waals surface area contributed by atoms with E-state index in [0.29, 0.717) is 35.6 Å². The van der Waals surface area contributed by atoms with Crippen LogP contribution in [0.4, 0.5) is 4.79 Å². The number of allylic oxidation sites excluding steroid dienone is 1.